The van der Waals surface area contributed by atoms with Crippen molar-refractivity contribution in [1.29, 1.82) is 0 Å². The summed E-state index contributed by atoms with van der Waals surface area (Å²) in [6.07, 6.45) is 5.28. The molecule has 0 aromatic carbocycles. The molecule has 1 N–H and O–H groups in total. The number of methoxy groups -OCH3 is 1. The number of rotatable bonds is 3. The van der Waals surface area contributed by atoms with Crippen molar-refractivity contribution in [2.75, 3.05) is 38.2 Å². The standard InChI is InChI=1S/C15H19N5O2/c1-11-9-16-10-12(11)14(21)19-5-7-20(8-6-19)15-17-4-3-13(18-15)22-2/h3-4,9-10,16H,5-8H2,1-2H3. The highest BCUT2D eigenvalue weighted by Crippen LogP contribution is 2.16. The number of nitrogens with zero attached hydrogens (tertiary/aromatic N) is 4. The van der Waals surface area contributed by atoms with Gasteiger partial charge in [0.15, 0.2) is 0 Å². The number of aromatic nitrogens is 3. The van der Waals surface area contributed by atoms with Gasteiger partial charge in [0.1, 0.15) is 0 Å². The van der Waals surface area contributed by atoms with E-state index in [1.807, 2.05) is 18.0 Å². The SMILES string of the molecule is COc1ccnc(N2CCN(C(=O)c3c[nH]cc3C)CC2)n1. The number of amides is 1. The van der Waals surface area contributed by atoms with Gasteiger partial charge in [-0.1, -0.05) is 0 Å². The number of aromatic amines is 1. The van der Waals surface area contributed by atoms with Gasteiger partial charge in [0, 0.05) is 50.8 Å². The molecule has 22 heavy (non-hydrogen) atoms. The van der Waals surface area contributed by atoms with E-state index in [0.29, 0.717) is 38.0 Å². The lowest BCUT2D eigenvalue weighted by atomic mass is 10.2. The zero-order valence-electron chi connectivity index (χ0n) is 12.7. The van der Waals surface area contributed by atoms with Crippen LogP contribution < -0.4 is 9.64 Å². The number of ether oxygens (including phenoxy) is 1. The number of aryl methyl sites for hydroxylation is 1. The fourth-order valence-electron chi connectivity index (χ4n) is 2.55. The molecule has 116 valence electrons. The Hall–Kier alpha value is -2.57. The van der Waals surface area contributed by atoms with Crippen molar-refractivity contribution in [3.63, 3.8) is 0 Å². The van der Waals surface area contributed by atoms with Crippen LogP contribution in [0.15, 0.2) is 24.7 Å². The molecule has 2 aromatic rings. The molecule has 3 heterocycles. The van der Waals surface area contributed by atoms with E-state index in [2.05, 4.69) is 19.9 Å². The Kier molecular flexibility index (Phi) is 3.95. The third-order valence-corrected chi connectivity index (χ3v) is 3.86. The predicted octanol–water partition coefficient (Wildman–Crippen LogP) is 1.08. The summed E-state index contributed by atoms with van der Waals surface area (Å²) < 4.78 is 5.12. The summed E-state index contributed by atoms with van der Waals surface area (Å²) in [4.78, 5) is 28.0. The quantitative estimate of drug-likeness (QED) is 0.918. The second kappa shape index (κ2) is 6.05. The molecule has 0 atom stereocenters. The monoisotopic (exact) mass is 301 g/mol. The summed E-state index contributed by atoms with van der Waals surface area (Å²) in [5, 5.41) is 0. The Balaban J connectivity index is 1.65. The van der Waals surface area contributed by atoms with Gasteiger partial charge in [0.2, 0.25) is 11.8 Å². The van der Waals surface area contributed by atoms with Crippen LogP contribution in [-0.2, 0) is 0 Å². The Morgan fingerprint density at radius 3 is 2.68 bits per heavy atom. The van der Waals surface area contributed by atoms with E-state index >= 15 is 0 Å². The van der Waals surface area contributed by atoms with Crippen LogP contribution in [0.4, 0.5) is 5.95 Å². The second-order valence-corrected chi connectivity index (χ2v) is 5.23. The minimum absolute atomic E-state index is 0.0740. The Morgan fingerprint density at radius 1 is 1.27 bits per heavy atom. The molecule has 0 saturated carbocycles. The zero-order valence-corrected chi connectivity index (χ0v) is 12.7. The van der Waals surface area contributed by atoms with Crippen molar-refractivity contribution < 1.29 is 9.53 Å². The van der Waals surface area contributed by atoms with E-state index in [1.165, 1.54) is 0 Å². The first kappa shape index (κ1) is 14.4. The number of H-pyrrole nitrogens is 1. The van der Waals surface area contributed by atoms with Gasteiger partial charge in [-0.05, 0) is 12.5 Å². The summed E-state index contributed by atoms with van der Waals surface area (Å²) in [5.41, 5.74) is 1.72. The molecule has 0 aliphatic carbocycles. The van der Waals surface area contributed by atoms with Crippen molar-refractivity contribution in [1.82, 2.24) is 19.9 Å². The van der Waals surface area contributed by atoms with E-state index in [-0.39, 0.29) is 5.91 Å². The van der Waals surface area contributed by atoms with Crippen LogP contribution in [0.5, 0.6) is 5.88 Å². The summed E-state index contributed by atoms with van der Waals surface area (Å²) >= 11 is 0. The smallest absolute Gasteiger partial charge is 0.255 e. The highest BCUT2D eigenvalue weighted by molar-refractivity contribution is 5.95. The first-order valence-corrected chi connectivity index (χ1v) is 7.23. The van der Waals surface area contributed by atoms with Gasteiger partial charge in [0.25, 0.3) is 5.91 Å². The average Bonchev–Trinajstić information content (AvgIpc) is 3.00. The fourth-order valence-corrected chi connectivity index (χ4v) is 2.55. The van der Waals surface area contributed by atoms with Crippen LogP contribution in [0.2, 0.25) is 0 Å². The van der Waals surface area contributed by atoms with E-state index in [1.54, 1.807) is 25.6 Å². The van der Waals surface area contributed by atoms with Crippen LogP contribution in [0.25, 0.3) is 0 Å². The third kappa shape index (κ3) is 2.74. The summed E-state index contributed by atoms with van der Waals surface area (Å²) in [6.45, 7) is 4.67. The van der Waals surface area contributed by atoms with E-state index in [0.717, 1.165) is 11.1 Å². The fraction of sp³-hybridized carbons (Fsp3) is 0.400. The Morgan fingerprint density at radius 2 is 2.05 bits per heavy atom. The first-order valence-electron chi connectivity index (χ1n) is 7.23. The molecule has 2 aromatic heterocycles. The second-order valence-electron chi connectivity index (χ2n) is 5.23. The van der Waals surface area contributed by atoms with Crippen LogP contribution in [0.3, 0.4) is 0 Å². The molecule has 1 fully saturated rings. The highest BCUT2D eigenvalue weighted by Gasteiger charge is 2.24. The van der Waals surface area contributed by atoms with E-state index in [4.69, 9.17) is 4.74 Å². The molecular weight excluding hydrogens is 282 g/mol. The maximum absolute atomic E-state index is 12.5. The van der Waals surface area contributed by atoms with Crippen molar-refractivity contribution in [3.05, 3.63) is 35.8 Å². The van der Waals surface area contributed by atoms with Crippen molar-refractivity contribution in [2.45, 2.75) is 6.92 Å². The maximum atomic E-state index is 12.5. The maximum Gasteiger partial charge on any atom is 0.255 e. The summed E-state index contributed by atoms with van der Waals surface area (Å²) in [5.74, 6) is 1.26. The van der Waals surface area contributed by atoms with Crippen molar-refractivity contribution in [3.8, 4) is 5.88 Å². The van der Waals surface area contributed by atoms with E-state index in [9.17, 15) is 4.79 Å². The molecule has 0 radical (unpaired) electrons. The van der Waals surface area contributed by atoms with Gasteiger partial charge in [0.05, 0.1) is 12.7 Å². The Labute approximate surface area is 128 Å². The number of hydrogen-bond donors (Lipinski definition) is 1. The molecule has 7 nitrogen and oxygen atoms in total. The third-order valence-electron chi connectivity index (χ3n) is 3.86. The highest BCUT2D eigenvalue weighted by atomic mass is 16.5. The molecule has 0 unspecified atom stereocenters. The molecule has 0 bridgehead atoms. The lowest BCUT2D eigenvalue weighted by molar-refractivity contribution is 0.0745. The number of carbonyl (C=O) groups is 1. The molecule has 0 spiro atoms. The molecule has 1 aliphatic heterocycles. The number of anilines is 1. The largest absolute Gasteiger partial charge is 0.481 e. The number of piperazine rings is 1. The molecule has 1 aliphatic rings. The molecular formula is C15H19N5O2. The van der Waals surface area contributed by atoms with Gasteiger partial charge >= 0.3 is 0 Å². The van der Waals surface area contributed by atoms with Gasteiger partial charge in [-0.2, -0.15) is 4.98 Å². The molecule has 7 heteroatoms. The van der Waals surface area contributed by atoms with Gasteiger partial charge < -0.3 is 19.5 Å². The average molecular weight is 301 g/mol. The van der Waals surface area contributed by atoms with Crippen LogP contribution >= 0.6 is 0 Å². The molecule has 1 amide bonds. The van der Waals surface area contributed by atoms with Crippen LogP contribution in [0.1, 0.15) is 15.9 Å². The number of hydrogen-bond acceptors (Lipinski definition) is 5. The molecule has 1 saturated heterocycles. The first-order chi connectivity index (χ1) is 10.7. The Bertz CT molecular complexity index is 661. The lowest BCUT2D eigenvalue weighted by Gasteiger charge is -2.34. The van der Waals surface area contributed by atoms with Gasteiger partial charge in [-0.25, -0.2) is 4.98 Å². The lowest BCUT2D eigenvalue weighted by Crippen LogP contribution is -2.49. The molecule has 3 rings (SSSR count). The van der Waals surface area contributed by atoms with Crippen molar-refractivity contribution >= 4 is 11.9 Å². The number of nitrogens with one attached hydrogen (secondary N) is 1. The summed E-state index contributed by atoms with van der Waals surface area (Å²) in [7, 11) is 1.59. The number of carbonyl (C=O) groups excluding carboxylic acids is 1. The minimum atomic E-state index is 0.0740. The van der Waals surface area contributed by atoms with Crippen molar-refractivity contribution in [2.24, 2.45) is 0 Å². The van der Waals surface area contributed by atoms with Crippen LogP contribution in [0, 0.1) is 6.92 Å². The van der Waals surface area contributed by atoms with Gasteiger partial charge in [-0.15, -0.1) is 0 Å². The van der Waals surface area contributed by atoms with E-state index < -0.39 is 0 Å². The minimum Gasteiger partial charge on any atom is -0.481 e. The normalized spacial score (nSPS) is 15.0. The topological polar surface area (TPSA) is 74.3 Å². The van der Waals surface area contributed by atoms with Crippen LogP contribution in [-0.4, -0.2) is 59.0 Å². The predicted molar refractivity (Wildman–Crippen MR) is 82.2 cm³/mol. The zero-order chi connectivity index (χ0) is 15.5. The summed E-state index contributed by atoms with van der Waals surface area (Å²) in [6, 6.07) is 1.72. The van der Waals surface area contributed by atoms with Gasteiger partial charge in [-0.3, -0.25) is 4.79 Å².